The third-order valence-corrected chi connectivity index (χ3v) is 5.58. The summed E-state index contributed by atoms with van der Waals surface area (Å²) in [5.74, 6) is -0.511. The molecule has 0 atom stereocenters. The van der Waals surface area contributed by atoms with E-state index in [1.165, 1.54) is 7.11 Å². The number of methoxy groups -OCH3 is 1. The number of allylic oxidation sites excluding steroid dienone is 2. The molecule has 0 saturated carbocycles. The summed E-state index contributed by atoms with van der Waals surface area (Å²) >= 11 is 0. The molecule has 2 rings (SSSR count). The molecule has 1 aliphatic rings. The zero-order chi connectivity index (χ0) is 21.8. The Morgan fingerprint density at radius 1 is 1.34 bits per heavy atom. The Labute approximate surface area is 168 Å². The summed E-state index contributed by atoms with van der Waals surface area (Å²) in [4.78, 5) is 41.2. The first kappa shape index (κ1) is 22.9. The molecule has 0 aliphatic carbocycles. The molecule has 1 aromatic carbocycles. The number of rotatable bonds is 9. The molecule has 1 heterocycles. The minimum atomic E-state index is -4.13. The van der Waals surface area contributed by atoms with Crippen LogP contribution >= 0.6 is 7.60 Å². The minimum absolute atomic E-state index is 0.0819. The zero-order valence-corrected chi connectivity index (χ0v) is 17.5. The van der Waals surface area contributed by atoms with Gasteiger partial charge in [0.05, 0.1) is 13.3 Å². The van der Waals surface area contributed by atoms with Crippen molar-refractivity contribution in [2.24, 2.45) is 0 Å². The van der Waals surface area contributed by atoms with Crippen LogP contribution < -0.4 is 10.1 Å². The number of phenolic OH excluding ortho intramolecular Hbond substituents is 1. The Balaban J connectivity index is 2.03. The number of fused-ring (bicyclic) bond motifs is 1. The zero-order valence-electron chi connectivity index (χ0n) is 16.7. The number of nitrogens with one attached hydrogen (secondary N) is 1. The van der Waals surface area contributed by atoms with Gasteiger partial charge in [-0.2, -0.15) is 0 Å². The second kappa shape index (κ2) is 9.43. The summed E-state index contributed by atoms with van der Waals surface area (Å²) in [6, 6.07) is 0. The molecule has 10 heteroatoms. The number of amides is 1. The Bertz CT molecular complexity index is 887. The molecule has 0 fully saturated rings. The van der Waals surface area contributed by atoms with Crippen LogP contribution in [0, 0.1) is 6.92 Å². The number of hydrogen-bond donors (Lipinski definition) is 4. The summed E-state index contributed by atoms with van der Waals surface area (Å²) in [5, 5.41) is 13.0. The highest BCUT2D eigenvalue weighted by Gasteiger charge is 2.31. The summed E-state index contributed by atoms with van der Waals surface area (Å²) in [6.07, 6.45) is 2.36. The van der Waals surface area contributed by atoms with Gasteiger partial charge >= 0.3 is 13.6 Å². The number of hydrogen-bond acceptors (Lipinski definition) is 6. The van der Waals surface area contributed by atoms with E-state index in [9.17, 15) is 19.3 Å². The maximum atomic E-state index is 11.9. The number of carbonyl (C=O) groups excluding carboxylic acids is 2. The average molecular weight is 427 g/mol. The van der Waals surface area contributed by atoms with Gasteiger partial charge in [0.1, 0.15) is 23.7 Å². The predicted octanol–water partition coefficient (Wildman–Crippen LogP) is 1.94. The van der Waals surface area contributed by atoms with E-state index >= 15 is 0 Å². The van der Waals surface area contributed by atoms with E-state index in [0.717, 1.165) is 11.1 Å². The van der Waals surface area contributed by atoms with Crippen LogP contribution in [0.25, 0.3) is 0 Å². The lowest BCUT2D eigenvalue weighted by Crippen LogP contribution is -2.26. The van der Waals surface area contributed by atoms with E-state index in [-0.39, 0.29) is 36.8 Å². The molecule has 0 radical (unpaired) electrons. The summed E-state index contributed by atoms with van der Waals surface area (Å²) in [7, 11) is -2.63. The van der Waals surface area contributed by atoms with Crippen LogP contribution in [0.1, 0.15) is 46.8 Å². The van der Waals surface area contributed by atoms with Crippen LogP contribution in [0.15, 0.2) is 11.6 Å². The molecule has 1 aliphatic heterocycles. The second-order valence-corrected chi connectivity index (χ2v) is 8.68. The number of ether oxygens (including phenoxy) is 2. The van der Waals surface area contributed by atoms with Crippen molar-refractivity contribution in [3.8, 4) is 11.5 Å². The highest BCUT2D eigenvalue weighted by Crippen LogP contribution is 2.42. The van der Waals surface area contributed by atoms with Crippen molar-refractivity contribution in [2.45, 2.75) is 39.7 Å². The lowest BCUT2D eigenvalue weighted by atomic mass is 9.94. The van der Waals surface area contributed by atoms with Crippen LogP contribution in [0.4, 0.5) is 0 Å². The summed E-state index contributed by atoms with van der Waals surface area (Å²) in [5.41, 5.74) is 2.91. The van der Waals surface area contributed by atoms with Gasteiger partial charge in [-0.1, -0.05) is 11.6 Å². The van der Waals surface area contributed by atoms with Gasteiger partial charge in [-0.3, -0.25) is 9.36 Å². The van der Waals surface area contributed by atoms with Gasteiger partial charge in [-0.05, 0) is 32.3 Å². The summed E-state index contributed by atoms with van der Waals surface area (Å²) < 4.78 is 21.2. The third kappa shape index (κ3) is 5.82. The Morgan fingerprint density at radius 2 is 2.03 bits per heavy atom. The number of esters is 1. The van der Waals surface area contributed by atoms with Crippen molar-refractivity contribution in [1.29, 1.82) is 0 Å². The van der Waals surface area contributed by atoms with Crippen molar-refractivity contribution in [2.75, 3.05) is 19.8 Å². The van der Waals surface area contributed by atoms with Crippen LogP contribution in [0.5, 0.6) is 11.5 Å². The molecular weight excluding hydrogens is 401 g/mol. The first-order valence-electron chi connectivity index (χ1n) is 9.10. The molecule has 0 spiro atoms. The number of benzene rings is 1. The van der Waals surface area contributed by atoms with E-state index in [0.29, 0.717) is 29.7 Å². The molecule has 160 valence electrons. The van der Waals surface area contributed by atoms with Gasteiger partial charge in [0.15, 0.2) is 0 Å². The smallest absolute Gasteiger partial charge is 0.342 e. The second-order valence-electron chi connectivity index (χ2n) is 6.91. The standard InChI is InChI=1S/C19H26NO8P/c1-11(5-7-15(21)20-8-9-29(24,25)26)4-6-13-17(22)16-14(10-28-19(16)23)12(2)18(13)27-3/h4,22H,5-10H2,1-3H3,(H,20,21)(H2,24,25,26). The SMILES string of the molecule is COc1c(C)c2c(c(O)c1CC=C(C)CCC(=O)NCCP(=O)(O)O)C(=O)OC2. The number of phenols is 1. The van der Waals surface area contributed by atoms with Gasteiger partial charge in [0, 0.05) is 24.1 Å². The molecule has 0 bridgehead atoms. The fourth-order valence-electron chi connectivity index (χ4n) is 3.15. The normalized spacial score (nSPS) is 13.8. The fourth-order valence-corrected chi connectivity index (χ4v) is 3.55. The van der Waals surface area contributed by atoms with Crippen molar-refractivity contribution in [3.05, 3.63) is 33.9 Å². The van der Waals surface area contributed by atoms with E-state index in [2.05, 4.69) is 5.32 Å². The van der Waals surface area contributed by atoms with Crippen LogP contribution in [-0.2, 0) is 27.1 Å². The van der Waals surface area contributed by atoms with E-state index in [1.807, 2.05) is 13.0 Å². The lowest BCUT2D eigenvalue weighted by molar-refractivity contribution is -0.120. The Hall–Kier alpha value is -2.35. The first-order valence-corrected chi connectivity index (χ1v) is 10.9. The van der Waals surface area contributed by atoms with Gasteiger partial charge < -0.3 is 29.7 Å². The third-order valence-electron chi connectivity index (χ3n) is 4.77. The predicted molar refractivity (Wildman–Crippen MR) is 105 cm³/mol. The molecule has 0 aromatic heterocycles. The van der Waals surface area contributed by atoms with Crippen LogP contribution in [0.3, 0.4) is 0 Å². The first-order chi connectivity index (χ1) is 13.5. The molecular formula is C19H26NO8P. The van der Waals surface area contributed by atoms with Gasteiger partial charge in [0.25, 0.3) is 0 Å². The molecule has 1 aromatic rings. The minimum Gasteiger partial charge on any atom is -0.507 e. The average Bonchev–Trinajstić information content (AvgIpc) is 3.02. The quantitative estimate of drug-likeness (QED) is 0.266. The molecule has 9 nitrogen and oxygen atoms in total. The molecule has 4 N–H and O–H groups in total. The van der Waals surface area contributed by atoms with Crippen molar-refractivity contribution in [3.63, 3.8) is 0 Å². The van der Waals surface area contributed by atoms with E-state index < -0.39 is 19.7 Å². The molecule has 1 amide bonds. The molecule has 29 heavy (non-hydrogen) atoms. The maximum Gasteiger partial charge on any atom is 0.342 e. The Morgan fingerprint density at radius 3 is 2.66 bits per heavy atom. The van der Waals surface area contributed by atoms with Crippen molar-refractivity contribution in [1.82, 2.24) is 5.32 Å². The van der Waals surface area contributed by atoms with Gasteiger partial charge in [-0.25, -0.2) is 4.79 Å². The topological polar surface area (TPSA) is 142 Å². The summed E-state index contributed by atoms with van der Waals surface area (Å²) in [6.45, 7) is 3.67. The monoisotopic (exact) mass is 427 g/mol. The van der Waals surface area contributed by atoms with Gasteiger partial charge in [-0.15, -0.1) is 0 Å². The number of carbonyl (C=O) groups is 2. The molecule has 0 unspecified atom stereocenters. The fraction of sp³-hybridized carbons (Fsp3) is 0.474. The molecule has 0 saturated heterocycles. The lowest BCUT2D eigenvalue weighted by Gasteiger charge is -2.15. The van der Waals surface area contributed by atoms with Crippen molar-refractivity contribution >= 4 is 19.5 Å². The number of aromatic hydroxyl groups is 1. The largest absolute Gasteiger partial charge is 0.507 e. The highest BCUT2D eigenvalue weighted by atomic mass is 31.2. The van der Waals surface area contributed by atoms with E-state index in [4.69, 9.17) is 19.3 Å². The van der Waals surface area contributed by atoms with Crippen molar-refractivity contribution < 1.29 is 38.5 Å². The maximum absolute atomic E-state index is 11.9. The van der Waals surface area contributed by atoms with Crippen LogP contribution in [0.2, 0.25) is 0 Å². The Kier molecular flexibility index (Phi) is 7.46. The highest BCUT2D eigenvalue weighted by molar-refractivity contribution is 7.51. The number of cyclic esters (lactones) is 1. The van der Waals surface area contributed by atoms with Gasteiger partial charge in [0.2, 0.25) is 5.91 Å². The van der Waals surface area contributed by atoms with Crippen LogP contribution in [-0.4, -0.2) is 46.6 Å². The van der Waals surface area contributed by atoms with E-state index in [1.54, 1.807) is 6.92 Å².